The Balaban J connectivity index is 1.53. The number of carboxylic acids is 1. The second kappa shape index (κ2) is 10.5. The number of carboxylic acid groups (broad SMARTS) is 1. The van der Waals surface area contributed by atoms with Crippen molar-refractivity contribution < 1.29 is 19.4 Å². The highest BCUT2D eigenvalue weighted by Crippen LogP contribution is 2.44. The zero-order chi connectivity index (χ0) is 21.3. The fourth-order valence-corrected chi connectivity index (χ4v) is 3.97. The number of aliphatic carboxylic acids is 1. The van der Waals surface area contributed by atoms with Crippen LogP contribution in [-0.2, 0) is 9.53 Å². The van der Waals surface area contributed by atoms with Gasteiger partial charge in [-0.2, -0.15) is 0 Å². The standard InChI is InChI=1S/C25H27NO4/c1-2-3-4-5-6-7-16-23(24(27)28)26-25(29)30-17-22-20-14-10-8-12-18(20)19-13-9-11-15-21(19)22/h1,8-15,22-23H,3-7,16-17H2,(H,26,29)(H,27,28). The Bertz CT molecular complexity index is 885. The second-order valence-corrected chi connectivity index (χ2v) is 7.52. The van der Waals surface area contributed by atoms with Crippen molar-refractivity contribution in [3.8, 4) is 23.5 Å². The summed E-state index contributed by atoms with van der Waals surface area (Å²) in [5.41, 5.74) is 4.53. The molecule has 0 bridgehead atoms. The number of carbonyl (C=O) groups excluding carboxylic acids is 1. The van der Waals surface area contributed by atoms with E-state index in [0.717, 1.165) is 47.9 Å². The summed E-state index contributed by atoms with van der Waals surface area (Å²) < 4.78 is 5.44. The van der Waals surface area contributed by atoms with E-state index in [2.05, 4.69) is 23.4 Å². The van der Waals surface area contributed by atoms with Gasteiger partial charge in [-0.3, -0.25) is 0 Å². The van der Waals surface area contributed by atoms with E-state index in [1.807, 2.05) is 36.4 Å². The van der Waals surface area contributed by atoms with Crippen LogP contribution in [0.1, 0.15) is 55.6 Å². The summed E-state index contributed by atoms with van der Waals surface area (Å²) in [5.74, 6) is 1.49. The molecule has 5 nitrogen and oxygen atoms in total. The average Bonchev–Trinajstić information content (AvgIpc) is 3.07. The van der Waals surface area contributed by atoms with Gasteiger partial charge in [0, 0.05) is 12.3 Å². The maximum absolute atomic E-state index is 12.3. The van der Waals surface area contributed by atoms with E-state index in [4.69, 9.17) is 11.2 Å². The minimum absolute atomic E-state index is 0.0532. The number of fused-ring (bicyclic) bond motifs is 3. The molecule has 2 aromatic rings. The van der Waals surface area contributed by atoms with Crippen molar-refractivity contribution >= 4 is 12.1 Å². The van der Waals surface area contributed by atoms with Gasteiger partial charge in [0.25, 0.3) is 0 Å². The van der Waals surface area contributed by atoms with E-state index in [0.29, 0.717) is 12.8 Å². The molecule has 3 rings (SSSR count). The number of nitrogens with one attached hydrogen (secondary N) is 1. The van der Waals surface area contributed by atoms with Crippen LogP contribution in [0.5, 0.6) is 0 Å². The zero-order valence-electron chi connectivity index (χ0n) is 17.0. The molecule has 0 radical (unpaired) electrons. The molecule has 0 aliphatic heterocycles. The predicted molar refractivity (Wildman–Crippen MR) is 116 cm³/mol. The molecule has 5 heteroatoms. The molecule has 0 saturated heterocycles. The molecule has 30 heavy (non-hydrogen) atoms. The molecule has 1 atom stereocenters. The molecule has 0 saturated carbocycles. The molecule has 0 spiro atoms. The van der Waals surface area contributed by atoms with E-state index in [1.165, 1.54) is 0 Å². The Hall–Kier alpha value is -3.26. The number of rotatable bonds is 10. The highest BCUT2D eigenvalue weighted by Gasteiger charge is 2.29. The van der Waals surface area contributed by atoms with Gasteiger partial charge in [0.2, 0.25) is 0 Å². The number of alkyl carbamates (subject to hydrolysis) is 1. The van der Waals surface area contributed by atoms with Crippen molar-refractivity contribution in [2.45, 2.75) is 50.5 Å². The van der Waals surface area contributed by atoms with Gasteiger partial charge in [-0.05, 0) is 35.1 Å². The largest absolute Gasteiger partial charge is 0.480 e. The molecular weight excluding hydrogens is 378 g/mol. The number of hydrogen-bond donors (Lipinski definition) is 2. The number of hydrogen-bond acceptors (Lipinski definition) is 3. The number of benzene rings is 2. The summed E-state index contributed by atoms with van der Waals surface area (Å²) in [6.07, 6.45) is 9.13. The highest BCUT2D eigenvalue weighted by molar-refractivity contribution is 5.81. The third kappa shape index (κ3) is 5.21. The maximum Gasteiger partial charge on any atom is 0.407 e. The molecular formula is C25H27NO4. The average molecular weight is 405 g/mol. The number of carbonyl (C=O) groups is 2. The first-order valence-corrected chi connectivity index (χ1v) is 10.4. The van der Waals surface area contributed by atoms with Crippen molar-refractivity contribution in [2.24, 2.45) is 0 Å². The Labute approximate surface area is 177 Å². The fraction of sp³-hybridized carbons (Fsp3) is 0.360. The predicted octanol–water partition coefficient (Wildman–Crippen LogP) is 4.95. The smallest absolute Gasteiger partial charge is 0.407 e. The van der Waals surface area contributed by atoms with Gasteiger partial charge in [-0.15, -0.1) is 12.3 Å². The molecule has 2 aromatic carbocycles. The summed E-state index contributed by atoms with van der Waals surface area (Å²) in [6, 6.07) is 15.2. The molecule has 0 heterocycles. The third-order valence-electron chi connectivity index (χ3n) is 5.50. The zero-order valence-corrected chi connectivity index (χ0v) is 17.0. The number of amides is 1. The Morgan fingerprint density at radius 2 is 1.60 bits per heavy atom. The molecule has 0 fully saturated rings. The summed E-state index contributed by atoms with van der Waals surface area (Å²) in [7, 11) is 0. The van der Waals surface area contributed by atoms with Crippen LogP contribution < -0.4 is 5.32 Å². The Morgan fingerprint density at radius 3 is 2.20 bits per heavy atom. The van der Waals surface area contributed by atoms with Crippen LogP contribution in [0.15, 0.2) is 48.5 Å². The molecule has 1 unspecified atom stereocenters. The minimum Gasteiger partial charge on any atom is -0.480 e. The van der Waals surface area contributed by atoms with Crippen molar-refractivity contribution in [3.63, 3.8) is 0 Å². The third-order valence-corrected chi connectivity index (χ3v) is 5.50. The van der Waals surface area contributed by atoms with Gasteiger partial charge in [0.15, 0.2) is 0 Å². The molecule has 1 amide bonds. The quantitative estimate of drug-likeness (QED) is 0.433. The van der Waals surface area contributed by atoms with Crippen LogP contribution in [0.3, 0.4) is 0 Å². The van der Waals surface area contributed by atoms with Crippen molar-refractivity contribution in [3.05, 3.63) is 59.7 Å². The summed E-state index contributed by atoms with van der Waals surface area (Å²) in [4.78, 5) is 23.8. The lowest BCUT2D eigenvalue weighted by Gasteiger charge is -2.17. The Morgan fingerprint density at radius 1 is 1.00 bits per heavy atom. The number of terminal acetylenes is 1. The monoisotopic (exact) mass is 405 g/mol. The van der Waals surface area contributed by atoms with Crippen molar-refractivity contribution in [1.29, 1.82) is 0 Å². The summed E-state index contributed by atoms with van der Waals surface area (Å²) in [5, 5.41) is 11.9. The first kappa shape index (κ1) is 21.4. The van der Waals surface area contributed by atoms with Crippen LogP contribution in [0.25, 0.3) is 11.1 Å². The van der Waals surface area contributed by atoms with Gasteiger partial charge in [0.1, 0.15) is 12.6 Å². The van der Waals surface area contributed by atoms with Gasteiger partial charge >= 0.3 is 12.1 Å². The van der Waals surface area contributed by atoms with E-state index in [-0.39, 0.29) is 12.5 Å². The lowest BCUT2D eigenvalue weighted by Crippen LogP contribution is -2.41. The van der Waals surface area contributed by atoms with E-state index < -0.39 is 18.1 Å². The first-order valence-electron chi connectivity index (χ1n) is 10.4. The number of unbranched alkanes of at least 4 members (excludes halogenated alkanes) is 4. The number of ether oxygens (including phenoxy) is 1. The maximum atomic E-state index is 12.3. The van der Waals surface area contributed by atoms with E-state index >= 15 is 0 Å². The minimum atomic E-state index is -1.05. The van der Waals surface area contributed by atoms with E-state index in [9.17, 15) is 14.7 Å². The van der Waals surface area contributed by atoms with Crippen LogP contribution in [0, 0.1) is 12.3 Å². The summed E-state index contributed by atoms with van der Waals surface area (Å²) in [6.45, 7) is 0.165. The molecule has 1 aliphatic carbocycles. The van der Waals surface area contributed by atoms with E-state index in [1.54, 1.807) is 0 Å². The molecule has 0 aromatic heterocycles. The topological polar surface area (TPSA) is 75.6 Å². The molecule has 2 N–H and O–H groups in total. The Kier molecular flexibility index (Phi) is 7.51. The van der Waals surface area contributed by atoms with Crippen molar-refractivity contribution in [2.75, 3.05) is 6.61 Å². The second-order valence-electron chi connectivity index (χ2n) is 7.52. The van der Waals surface area contributed by atoms with Crippen LogP contribution >= 0.6 is 0 Å². The fourth-order valence-electron chi connectivity index (χ4n) is 3.97. The van der Waals surface area contributed by atoms with Gasteiger partial charge < -0.3 is 15.2 Å². The molecule has 1 aliphatic rings. The highest BCUT2D eigenvalue weighted by atomic mass is 16.5. The van der Waals surface area contributed by atoms with Gasteiger partial charge in [-0.25, -0.2) is 9.59 Å². The van der Waals surface area contributed by atoms with Crippen LogP contribution in [0.2, 0.25) is 0 Å². The van der Waals surface area contributed by atoms with Gasteiger partial charge in [-0.1, -0.05) is 67.8 Å². The summed E-state index contributed by atoms with van der Waals surface area (Å²) >= 11 is 0. The first-order chi connectivity index (χ1) is 14.6. The lowest BCUT2D eigenvalue weighted by atomic mass is 9.98. The van der Waals surface area contributed by atoms with Crippen LogP contribution in [-0.4, -0.2) is 29.8 Å². The van der Waals surface area contributed by atoms with Gasteiger partial charge in [0.05, 0.1) is 0 Å². The van der Waals surface area contributed by atoms with Crippen LogP contribution in [0.4, 0.5) is 4.79 Å². The normalized spacial score (nSPS) is 13.0. The van der Waals surface area contributed by atoms with Crippen molar-refractivity contribution in [1.82, 2.24) is 5.32 Å². The molecule has 156 valence electrons. The SMILES string of the molecule is C#CCCCCCCC(NC(=O)OCC1c2ccccc2-c2ccccc21)C(=O)O. The lowest BCUT2D eigenvalue weighted by molar-refractivity contribution is -0.139.